The van der Waals surface area contributed by atoms with Crippen molar-refractivity contribution < 1.29 is 28.2 Å². The van der Waals surface area contributed by atoms with Crippen LogP contribution in [-0.2, 0) is 20.8 Å². The largest absolute Gasteiger partial charge is 0.491 e. The highest BCUT2D eigenvalue weighted by Crippen LogP contribution is 2.16. The lowest BCUT2D eigenvalue weighted by atomic mass is 10.1. The molecule has 1 atom stereocenters. The number of carbonyl (C=O) groups excluding carboxylic acids is 2. The molecule has 0 radical (unpaired) electrons. The predicted molar refractivity (Wildman–Crippen MR) is 96.6 cm³/mol. The highest BCUT2D eigenvalue weighted by atomic mass is 16.5. The van der Waals surface area contributed by atoms with Crippen molar-refractivity contribution in [1.82, 2.24) is 4.90 Å². The number of ketones is 1. The summed E-state index contributed by atoms with van der Waals surface area (Å²) >= 11 is 0. The number of benzene rings is 1. The van der Waals surface area contributed by atoms with E-state index in [2.05, 4.69) is 9.64 Å². The Hall–Kier alpha value is -2.64. The Morgan fingerprint density at radius 3 is 2.74 bits per heavy atom. The normalized spacial score (nSPS) is 17.4. The van der Waals surface area contributed by atoms with E-state index < -0.39 is 5.97 Å². The van der Waals surface area contributed by atoms with E-state index in [1.807, 2.05) is 6.07 Å². The van der Waals surface area contributed by atoms with Gasteiger partial charge in [-0.25, -0.2) is 0 Å². The van der Waals surface area contributed by atoms with Gasteiger partial charge in [0, 0.05) is 30.8 Å². The monoisotopic (exact) mass is 373 g/mol. The smallest absolute Gasteiger partial charge is 0.313 e. The average molecular weight is 373 g/mol. The number of rotatable bonds is 8. The van der Waals surface area contributed by atoms with Gasteiger partial charge in [-0.3, -0.25) is 14.5 Å². The van der Waals surface area contributed by atoms with Gasteiger partial charge in [0.1, 0.15) is 24.9 Å². The van der Waals surface area contributed by atoms with Gasteiger partial charge in [0.2, 0.25) is 0 Å². The zero-order chi connectivity index (χ0) is 19.1. The van der Waals surface area contributed by atoms with Crippen molar-refractivity contribution in [2.75, 3.05) is 33.4 Å². The second-order valence-electron chi connectivity index (χ2n) is 6.37. The van der Waals surface area contributed by atoms with Gasteiger partial charge < -0.3 is 18.6 Å². The van der Waals surface area contributed by atoms with Crippen LogP contribution in [0.5, 0.6) is 5.75 Å². The highest BCUT2D eigenvalue weighted by molar-refractivity contribution is 6.05. The first-order chi connectivity index (χ1) is 13.1. The zero-order valence-corrected chi connectivity index (χ0v) is 15.3. The van der Waals surface area contributed by atoms with Gasteiger partial charge in [-0.15, -0.1) is 0 Å². The van der Waals surface area contributed by atoms with E-state index in [1.165, 1.54) is 7.11 Å². The third kappa shape index (κ3) is 5.67. The van der Waals surface area contributed by atoms with Crippen LogP contribution in [0.2, 0.25) is 0 Å². The predicted octanol–water partition coefficient (Wildman–Crippen LogP) is 2.31. The van der Waals surface area contributed by atoms with Gasteiger partial charge in [0.25, 0.3) is 0 Å². The van der Waals surface area contributed by atoms with Crippen LogP contribution in [0.3, 0.4) is 0 Å². The van der Waals surface area contributed by atoms with Crippen LogP contribution in [0.1, 0.15) is 22.3 Å². The molecule has 0 spiro atoms. The van der Waals surface area contributed by atoms with E-state index in [-0.39, 0.29) is 18.3 Å². The lowest BCUT2D eigenvalue weighted by Gasteiger charge is -2.32. The van der Waals surface area contributed by atoms with Crippen molar-refractivity contribution in [2.24, 2.45) is 0 Å². The average Bonchev–Trinajstić information content (AvgIpc) is 3.20. The lowest BCUT2D eigenvalue weighted by Crippen LogP contribution is -2.44. The summed E-state index contributed by atoms with van der Waals surface area (Å²) < 4.78 is 21.2. The Bertz CT molecular complexity index is 740. The maximum absolute atomic E-state index is 11.9. The third-order valence-corrected chi connectivity index (χ3v) is 4.35. The number of nitrogens with zero attached hydrogens (tertiary/aromatic N) is 1. The molecule has 0 saturated carbocycles. The van der Waals surface area contributed by atoms with Crippen molar-refractivity contribution in [1.29, 1.82) is 0 Å². The maximum atomic E-state index is 11.9. The first kappa shape index (κ1) is 19.1. The van der Waals surface area contributed by atoms with Crippen LogP contribution in [-0.4, -0.2) is 56.2 Å². The van der Waals surface area contributed by atoms with Crippen LogP contribution < -0.4 is 4.74 Å². The topological polar surface area (TPSA) is 78.2 Å². The summed E-state index contributed by atoms with van der Waals surface area (Å²) in [7, 11) is 1.26. The first-order valence-corrected chi connectivity index (χ1v) is 8.82. The standard InChI is InChI=1S/C20H23NO6/c1-24-20(23)10-19(22)16-2-4-17(5-3-16)27-14-18-12-21(7-9-26-18)11-15-6-8-25-13-15/h2-6,8,13,18H,7,9-12,14H2,1H3. The summed E-state index contributed by atoms with van der Waals surface area (Å²) in [6.45, 7) is 3.57. The molecule has 1 unspecified atom stereocenters. The lowest BCUT2D eigenvalue weighted by molar-refractivity contribution is -0.139. The Kier molecular flexibility index (Phi) is 6.62. The highest BCUT2D eigenvalue weighted by Gasteiger charge is 2.21. The number of carbonyl (C=O) groups is 2. The number of esters is 1. The molecule has 1 aliphatic heterocycles. The molecular formula is C20H23NO6. The van der Waals surface area contributed by atoms with Crippen molar-refractivity contribution in [3.8, 4) is 5.75 Å². The van der Waals surface area contributed by atoms with Crippen LogP contribution in [0.15, 0.2) is 47.3 Å². The van der Waals surface area contributed by atoms with Crippen LogP contribution in [0.25, 0.3) is 0 Å². The number of morpholine rings is 1. The van der Waals surface area contributed by atoms with Gasteiger partial charge in [0.05, 0.1) is 26.2 Å². The maximum Gasteiger partial charge on any atom is 0.313 e. The molecule has 1 aromatic carbocycles. The number of Topliss-reactive ketones (excluding diaryl/α,β-unsaturated/α-hetero) is 1. The SMILES string of the molecule is COC(=O)CC(=O)c1ccc(OCC2CN(Cc3ccoc3)CCO2)cc1. The van der Waals surface area contributed by atoms with E-state index in [9.17, 15) is 9.59 Å². The molecule has 1 aromatic heterocycles. The van der Waals surface area contributed by atoms with Gasteiger partial charge in [-0.05, 0) is 30.3 Å². The van der Waals surface area contributed by atoms with E-state index in [0.717, 1.165) is 25.2 Å². The molecule has 2 heterocycles. The molecular weight excluding hydrogens is 350 g/mol. The summed E-state index contributed by atoms with van der Waals surface area (Å²) in [5.41, 5.74) is 1.59. The van der Waals surface area contributed by atoms with Crippen LogP contribution >= 0.6 is 0 Å². The minimum Gasteiger partial charge on any atom is -0.491 e. The van der Waals surface area contributed by atoms with Crippen LogP contribution in [0, 0.1) is 0 Å². The summed E-state index contributed by atoms with van der Waals surface area (Å²) in [4.78, 5) is 25.4. The molecule has 7 nitrogen and oxygen atoms in total. The molecule has 1 aliphatic rings. The van der Waals surface area contributed by atoms with Gasteiger partial charge in [0.15, 0.2) is 5.78 Å². The quantitative estimate of drug-likeness (QED) is 0.399. The van der Waals surface area contributed by atoms with Crippen molar-refractivity contribution in [3.05, 3.63) is 54.0 Å². The Balaban J connectivity index is 1.46. The second-order valence-corrected chi connectivity index (χ2v) is 6.37. The molecule has 27 heavy (non-hydrogen) atoms. The van der Waals surface area contributed by atoms with E-state index in [4.69, 9.17) is 13.9 Å². The van der Waals surface area contributed by atoms with E-state index >= 15 is 0 Å². The molecule has 7 heteroatoms. The second kappa shape index (κ2) is 9.34. The fraction of sp³-hybridized carbons (Fsp3) is 0.400. The first-order valence-electron chi connectivity index (χ1n) is 8.82. The number of methoxy groups -OCH3 is 1. The Labute approximate surface area is 157 Å². The van der Waals surface area contributed by atoms with Crippen molar-refractivity contribution in [2.45, 2.75) is 19.1 Å². The molecule has 1 fully saturated rings. The minimum absolute atomic E-state index is 0.0220. The molecule has 0 aliphatic carbocycles. The molecule has 0 amide bonds. The molecule has 2 aromatic rings. The van der Waals surface area contributed by atoms with E-state index in [1.54, 1.807) is 36.8 Å². The summed E-state index contributed by atoms with van der Waals surface area (Å²) in [6.07, 6.45) is 3.14. The molecule has 144 valence electrons. The minimum atomic E-state index is -0.547. The molecule has 1 saturated heterocycles. The number of ether oxygens (including phenoxy) is 3. The van der Waals surface area contributed by atoms with E-state index in [0.29, 0.717) is 24.5 Å². The fourth-order valence-corrected chi connectivity index (χ4v) is 2.90. The third-order valence-electron chi connectivity index (χ3n) is 4.35. The zero-order valence-electron chi connectivity index (χ0n) is 15.3. The Morgan fingerprint density at radius 1 is 1.22 bits per heavy atom. The van der Waals surface area contributed by atoms with Crippen molar-refractivity contribution >= 4 is 11.8 Å². The van der Waals surface area contributed by atoms with Gasteiger partial charge in [-0.2, -0.15) is 0 Å². The molecule has 0 bridgehead atoms. The summed E-state index contributed by atoms with van der Waals surface area (Å²) in [6, 6.07) is 8.69. The van der Waals surface area contributed by atoms with Gasteiger partial charge in [-0.1, -0.05) is 0 Å². The summed E-state index contributed by atoms with van der Waals surface area (Å²) in [5.74, 6) is -0.172. The van der Waals surface area contributed by atoms with Gasteiger partial charge >= 0.3 is 5.97 Å². The Morgan fingerprint density at radius 2 is 2.04 bits per heavy atom. The number of furan rings is 1. The number of hydrogen-bond donors (Lipinski definition) is 0. The number of hydrogen-bond acceptors (Lipinski definition) is 7. The fourth-order valence-electron chi connectivity index (χ4n) is 2.90. The van der Waals surface area contributed by atoms with Crippen molar-refractivity contribution in [3.63, 3.8) is 0 Å². The van der Waals surface area contributed by atoms with Crippen LogP contribution in [0.4, 0.5) is 0 Å². The molecule has 0 N–H and O–H groups in total. The molecule has 3 rings (SSSR count). The summed E-state index contributed by atoms with van der Waals surface area (Å²) in [5, 5.41) is 0.